The lowest BCUT2D eigenvalue weighted by Crippen LogP contribution is -2.25. The molecule has 1 atom stereocenters. The van der Waals surface area contributed by atoms with Gasteiger partial charge in [0.25, 0.3) is 0 Å². The summed E-state index contributed by atoms with van der Waals surface area (Å²) in [4.78, 5) is 34.2. The van der Waals surface area contributed by atoms with Gasteiger partial charge < -0.3 is 5.11 Å². The second kappa shape index (κ2) is 4.25. The van der Waals surface area contributed by atoms with Gasteiger partial charge in [0.2, 0.25) is 11.8 Å². The van der Waals surface area contributed by atoms with Crippen molar-refractivity contribution in [1.29, 1.82) is 0 Å². The van der Waals surface area contributed by atoms with Crippen LogP contribution in [0.4, 0.5) is 0 Å². The summed E-state index contributed by atoms with van der Waals surface area (Å²) in [5.41, 5.74) is 0. The number of carbonyl (C=O) groups excluding carboxylic acids is 3. The zero-order chi connectivity index (χ0) is 11.6. The van der Waals surface area contributed by atoms with Gasteiger partial charge in [0.1, 0.15) is 0 Å². The number of hydrogen-bond acceptors (Lipinski definition) is 4. The van der Waals surface area contributed by atoms with Gasteiger partial charge in [0.05, 0.1) is 11.7 Å². The van der Waals surface area contributed by atoms with E-state index in [-0.39, 0.29) is 36.2 Å². The highest BCUT2D eigenvalue weighted by atomic mass is 16.3. The van der Waals surface area contributed by atoms with Gasteiger partial charge in [-0.25, -0.2) is 0 Å². The van der Waals surface area contributed by atoms with E-state index in [9.17, 15) is 19.5 Å². The zero-order valence-corrected chi connectivity index (χ0v) is 8.69. The molecular formula is C10H13NO4. The largest absolute Gasteiger partial charge is 0.512 e. The van der Waals surface area contributed by atoms with E-state index >= 15 is 0 Å². The van der Waals surface area contributed by atoms with Gasteiger partial charge in [-0.1, -0.05) is 0 Å². The second-order valence-corrected chi connectivity index (χ2v) is 3.64. The summed E-state index contributed by atoms with van der Waals surface area (Å²) in [5.74, 6) is -1.51. The minimum Gasteiger partial charge on any atom is -0.512 e. The number of aliphatic hydroxyl groups is 1. The van der Waals surface area contributed by atoms with Crippen LogP contribution in [-0.4, -0.2) is 34.7 Å². The van der Waals surface area contributed by atoms with Crippen molar-refractivity contribution in [2.75, 3.05) is 7.05 Å². The van der Waals surface area contributed by atoms with E-state index in [2.05, 4.69) is 0 Å². The lowest BCUT2D eigenvalue weighted by atomic mass is 10.0. The van der Waals surface area contributed by atoms with Crippen molar-refractivity contribution in [2.45, 2.75) is 19.8 Å². The molecule has 1 unspecified atom stereocenters. The van der Waals surface area contributed by atoms with Gasteiger partial charge >= 0.3 is 0 Å². The van der Waals surface area contributed by atoms with Crippen LogP contribution in [0.25, 0.3) is 0 Å². The number of nitrogens with zero attached hydrogens (tertiary/aromatic N) is 1. The number of allylic oxidation sites excluding steroid dienone is 2. The zero-order valence-electron chi connectivity index (χ0n) is 8.69. The third kappa shape index (κ3) is 2.65. The first-order chi connectivity index (χ1) is 6.91. The van der Waals surface area contributed by atoms with Crippen molar-refractivity contribution in [2.24, 2.45) is 5.92 Å². The SMILES string of the molecule is CC(=O)C=C(O)CC1CC(=O)N(C)C1=O. The van der Waals surface area contributed by atoms with Crippen LogP contribution in [0, 0.1) is 5.92 Å². The number of aliphatic hydroxyl groups excluding tert-OH is 1. The number of likely N-dealkylation sites (tertiary alicyclic amines) is 1. The number of carbonyl (C=O) groups is 3. The molecule has 82 valence electrons. The third-order valence-corrected chi connectivity index (χ3v) is 2.30. The first-order valence-corrected chi connectivity index (χ1v) is 4.62. The molecule has 1 saturated heterocycles. The Balaban J connectivity index is 2.65. The molecule has 0 aromatic heterocycles. The predicted molar refractivity (Wildman–Crippen MR) is 51.9 cm³/mol. The van der Waals surface area contributed by atoms with E-state index in [4.69, 9.17) is 0 Å². The molecule has 1 N–H and O–H groups in total. The maximum Gasteiger partial charge on any atom is 0.232 e. The van der Waals surface area contributed by atoms with Crippen molar-refractivity contribution in [3.05, 3.63) is 11.8 Å². The summed E-state index contributed by atoms with van der Waals surface area (Å²) in [6.07, 6.45) is 1.22. The van der Waals surface area contributed by atoms with Crippen LogP contribution in [0.3, 0.4) is 0 Å². The Morgan fingerprint density at radius 2 is 2.20 bits per heavy atom. The van der Waals surface area contributed by atoms with Crippen molar-refractivity contribution in [3.8, 4) is 0 Å². The van der Waals surface area contributed by atoms with Crippen molar-refractivity contribution in [1.82, 2.24) is 4.90 Å². The molecule has 0 aromatic carbocycles. The lowest BCUT2D eigenvalue weighted by Gasteiger charge is -2.07. The molecule has 0 aliphatic carbocycles. The monoisotopic (exact) mass is 211 g/mol. The highest BCUT2D eigenvalue weighted by Crippen LogP contribution is 2.23. The fourth-order valence-electron chi connectivity index (χ4n) is 1.54. The molecule has 1 fully saturated rings. The maximum absolute atomic E-state index is 11.4. The number of ketones is 1. The van der Waals surface area contributed by atoms with E-state index in [1.807, 2.05) is 0 Å². The van der Waals surface area contributed by atoms with Gasteiger partial charge in [-0.3, -0.25) is 19.3 Å². The van der Waals surface area contributed by atoms with Crippen molar-refractivity contribution in [3.63, 3.8) is 0 Å². The molecule has 1 aliphatic heterocycles. The molecule has 0 saturated carbocycles. The van der Waals surface area contributed by atoms with Gasteiger partial charge in [-0.05, 0) is 6.92 Å². The van der Waals surface area contributed by atoms with Crippen molar-refractivity contribution < 1.29 is 19.5 Å². The topological polar surface area (TPSA) is 74.7 Å². The first kappa shape index (κ1) is 11.4. The minimum atomic E-state index is -0.530. The summed E-state index contributed by atoms with van der Waals surface area (Å²) in [6, 6.07) is 0. The summed E-state index contributed by atoms with van der Waals surface area (Å²) >= 11 is 0. The van der Waals surface area contributed by atoms with Crippen molar-refractivity contribution >= 4 is 17.6 Å². The van der Waals surface area contributed by atoms with E-state index in [1.165, 1.54) is 14.0 Å². The summed E-state index contributed by atoms with van der Waals surface area (Å²) in [5, 5.41) is 9.33. The Kier molecular flexibility index (Phi) is 3.24. The van der Waals surface area contributed by atoms with E-state index < -0.39 is 5.92 Å². The predicted octanol–water partition coefficient (Wildman–Crippen LogP) is 0.412. The van der Waals surface area contributed by atoms with Gasteiger partial charge in [-0.2, -0.15) is 0 Å². The average molecular weight is 211 g/mol. The molecule has 1 rings (SSSR count). The van der Waals surface area contributed by atoms with E-state index in [0.717, 1.165) is 11.0 Å². The van der Waals surface area contributed by atoms with Gasteiger partial charge in [0.15, 0.2) is 5.78 Å². The molecule has 5 heteroatoms. The molecule has 2 amide bonds. The number of hydrogen-bond donors (Lipinski definition) is 1. The highest BCUT2D eigenvalue weighted by molar-refractivity contribution is 6.03. The lowest BCUT2D eigenvalue weighted by molar-refractivity contribution is -0.137. The number of imide groups is 1. The van der Waals surface area contributed by atoms with Gasteiger partial charge in [-0.15, -0.1) is 0 Å². The first-order valence-electron chi connectivity index (χ1n) is 4.62. The van der Waals surface area contributed by atoms with Crippen LogP contribution < -0.4 is 0 Å². The van der Waals surface area contributed by atoms with Crippen LogP contribution in [0.2, 0.25) is 0 Å². The Morgan fingerprint density at radius 1 is 1.60 bits per heavy atom. The number of amides is 2. The molecule has 5 nitrogen and oxygen atoms in total. The van der Waals surface area contributed by atoms with Crippen LogP contribution >= 0.6 is 0 Å². The van der Waals surface area contributed by atoms with Gasteiger partial charge in [0, 0.05) is 26.0 Å². The standard InChI is InChI=1S/C10H13NO4/c1-6(12)3-8(13)4-7-5-9(14)11(2)10(7)15/h3,7,13H,4-5H2,1-2H3. The molecule has 1 heterocycles. The molecule has 1 aliphatic rings. The van der Waals surface area contributed by atoms with Crippen LogP contribution in [0.1, 0.15) is 19.8 Å². The smallest absolute Gasteiger partial charge is 0.232 e. The normalized spacial score (nSPS) is 22.4. The minimum absolute atomic E-state index is 0.0501. The summed E-state index contributed by atoms with van der Waals surface area (Å²) in [7, 11) is 1.41. The third-order valence-electron chi connectivity index (χ3n) is 2.30. The van der Waals surface area contributed by atoms with Crippen LogP contribution in [0.5, 0.6) is 0 Å². The molecular weight excluding hydrogens is 198 g/mol. The molecule has 0 radical (unpaired) electrons. The Labute approximate surface area is 87.4 Å². The molecule has 0 spiro atoms. The average Bonchev–Trinajstić information content (AvgIpc) is 2.32. The van der Waals surface area contributed by atoms with Crippen LogP contribution in [0.15, 0.2) is 11.8 Å². The quantitative estimate of drug-likeness (QED) is 0.417. The summed E-state index contributed by atoms with van der Waals surface area (Å²) < 4.78 is 0. The Bertz CT molecular complexity index is 345. The van der Waals surface area contributed by atoms with E-state index in [0.29, 0.717) is 0 Å². The Morgan fingerprint density at radius 3 is 2.60 bits per heavy atom. The Hall–Kier alpha value is -1.65. The molecule has 15 heavy (non-hydrogen) atoms. The molecule has 0 aromatic rings. The maximum atomic E-state index is 11.4. The van der Waals surface area contributed by atoms with Crippen LogP contribution in [-0.2, 0) is 14.4 Å². The van der Waals surface area contributed by atoms with E-state index in [1.54, 1.807) is 0 Å². The second-order valence-electron chi connectivity index (χ2n) is 3.64. The fourth-order valence-corrected chi connectivity index (χ4v) is 1.54. The molecule has 0 bridgehead atoms. The highest BCUT2D eigenvalue weighted by Gasteiger charge is 2.36. The number of rotatable bonds is 3. The fraction of sp³-hybridized carbons (Fsp3) is 0.500. The summed E-state index contributed by atoms with van der Waals surface area (Å²) in [6.45, 7) is 1.31.